The second-order valence-corrected chi connectivity index (χ2v) is 8.55. The van der Waals surface area contributed by atoms with Gasteiger partial charge >= 0.3 is 12.0 Å². The number of carbonyl (C=O) groups excluding carboxylic acids is 2. The number of benzene rings is 1. The highest BCUT2D eigenvalue weighted by Gasteiger charge is 2.47. The smallest absolute Gasteiger partial charge is 0.344 e. The molecule has 2 aliphatic rings. The summed E-state index contributed by atoms with van der Waals surface area (Å²) in [7, 11) is -2.87. The topological polar surface area (TPSA) is 131 Å². The number of hydrogen-bond acceptors (Lipinski definition) is 7. The molecule has 0 saturated carbocycles. The summed E-state index contributed by atoms with van der Waals surface area (Å²) in [6.45, 7) is 0.671. The summed E-state index contributed by atoms with van der Waals surface area (Å²) in [5, 5.41) is 1.35. The van der Waals surface area contributed by atoms with Crippen molar-refractivity contribution in [1.29, 1.82) is 0 Å². The lowest BCUT2D eigenvalue weighted by atomic mass is 9.99. The van der Waals surface area contributed by atoms with Gasteiger partial charge in [-0.3, -0.25) is 9.63 Å². The van der Waals surface area contributed by atoms with Crippen molar-refractivity contribution in [3.63, 3.8) is 0 Å². The highest BCUT2D eigenvalue weighted by Crippen LogP contribution is 2.31. The summed E-state index contributed by atoms with van der Waals surface area (Å²) >= 11 is 0. The number of piperidine rings is 1. The zero-order valence-electron chi connectivity index (χ0n) is 15.5. The average molecular weight is 412 g/mol. The zero-order valence-corrected chi connectivity index (χ0v) is 16.3. The Balaban J connectivity index is 1.61. The van der Waals surface area contributed by atoms with Gasteiger partial charge in [0.2, 0.25) is 10.0 Å². The third-order valence-electron chi connectivity index (χ3n) is 4.85. The van der Waals surface area contributed by atoms with E-state index in [1.807, 2.05) is 30.3 Å². The maximum atomic E-state index is 12.7. The Labute approximate surface area is 163 Å². The van der Waals surface area contributed by atoms with Gasteiger partial charge in [0.05, 0.1) is 25.4 Å². The highest BCUT2D eigenvalue weighted by molar-refractivity contribution is 7.90. The summed E-state index contributed by atoms with van der Waals surface area (Å²) in [6.07, 6.45) is 0.117. The molecule has 3 atom stereocenters. The predicted molar refractivity (Wildman–Crippen MR) is 98.9 cm³/mol. The van der Waals surface area contributed by atoms with E-state index in [1.165, 1.54) is 9.96 Å². The number of rotatable bonds is 8. The van der Waals surface area contributed by atoms with Crippen LogP contribution in [-0.2, 0) is 31.0 Å². The van der Waals surface area contributed by atoms with E-state index >= 15 is 0 Å². The number of esters is 1. The van der Waals surface area contributed by atoms with Crippen LogP contribution < -0.4 is 10.5 Å². The number of nitrogens with one attached hydrogen (secondary N) is 1. The molecule has 3 rings (SSSR count). The number of amides is 2. The molecule has 2 fully saturated rings. The Morgan fingerprint density at radius 2 is 2.04 bits per heavy atom. The number of urea groups is 1. The van der Waals surface area contributed by atoms with Crippen LogP contribution in [0.5, 0.6) is 0 Å². The Bertz CT molecular complexity index is 818. The van der Waals surface area contributed by atoms with Crippen LogP contribution in [0.3, 0.4) is 0 Å². The predicted octanol–water partition coefficient (Wildman–Crippen LogP) is -0.236. The van der Waals surface area contributed by atoms with Gasteiger partial charge in [-0.25, -0.2) is 13.2 Å². The van der Waals surface area contributed by atoms with E-state index in [1.54, 1.807) is 0 Å². The molecule has 3 N–H and O–H groups in total. The number of methoxy groups -OCH3 is 1. The Morgan fingerprint density at radius 3 is 2.71 bits per heavy atom. The molecule has 2 amide bonds. The zero-order chi connectivity index (χ0) is 20.3. The van der Waals surface area contributed by atoms with Crippen LogP contribution in [0.1, 0.15) is 18.4 Å². The van der Waals surface area contributed by atoms with E-state index in [-0.39, 0.29) is 18.7 Å². The molecule has 1 aromatic rings. The van der Waals surface area contributed by atoms with Gasteiger partial charge in [-0.05, 0) is 18.4 Å². The normalized spacial score (nSPS) is 23.0. The molecule has 11 heteroatoms. The number of sulfonamides is 1. The lowest BCUT2D eigenvalue weighted by molar-refractivity contribution is -0.140. The maximum Gasteiger partial charge on any atom is 0.344 e. The fourth-order valence-corrected chi connectivity index (χ4v) is 4.54. The molecule has 0 aliphatic carbocycles. The summed E-state index contributed by atoms with van der Waals surface area (Å²) in [4.78, 5) is 31.2. The van der Waals surface area contributed by atoms with E-state index < -0.39 is 34.0 Å². The van der Waals surface area contributed by atoms with Crippen LogP contribution in [0.15, 0.2) is 30.3 Å². The molecule has 1 unspecified atom stereocenters. The van der Waals surface area contributed by atoms with E-state index in [9.17, 15) is 18.0 Å². The first-order valence-corrected chi connectivity index (χ1v) is 10.5. The van der Waals surface area contributed by atoms with Crippen molar-refractivity contribution in [2.24, 2.45) is 5.73 Å². The lowest BCUT2D eigenvalue weighted by Gasteiger charge is -2.34. The first-order chi connectivity index (χ1) is 13.3. The molecule has 2 heterocycles. The number of nitrogens with two attached hydrogens (primary N) is 1. The van der Waals surface area contributed by atoms with Crippen molar-refractivity contribution in [3.8, 4) is 0 Å². The number of hydrogen-bond donors (Lipinski definition) is 2. The minimum absolute atomic E-state index is 0.105. The van der Waals surface area contributed by atoms with Crippen LogP contribution in [-0.4, -0.2) is 68.0 Å². The fourth-order valence-electron chi connectivity index (χ4n) is 3.46. The van der Waals surface area contributed by atoms with E-state index in [0.717, 1.165) is 12.7 Å². The summed E-state index contributed by atoms with van der Waals surface area (Å²) in [5.74, 6) is -1.71. The Hall–Kier alpha value is -2.21. The molecule has 0 radical (unpaired) electrons. The van der Waals surface area contributed by atoms with Crippen LogP contribution in [0, 0.1) is 0 Å². The van der Waals surface area contributed by atoms with Crippen molar-refractivity contribution >= 4 is 22.0 Å². The second-order valence-electron chi connectivity index (χ2n) is 6.80. The van der Waals surface area contributed by atoms with Crippen molar-refractivity contribution in [1.82, 2.24) is 14.7 Å². The minimum atomic E-state index is -3.97. The molecule has 2 saturated heterocycles. The number of hydroxylamine groups is 2. The Morgan fingerprint density at radius 1 is 1.32 bits per heavy atom. The van der Waals surface area contributed by atoms with Crippen molar-refractivity contribution in [2.45, 2.75) is 37.7 Å². The van der Waals surface area contributed by atoms with Gasteiger partial charge in [0.25, 0.3) is 0 Å². The Kier molecular flexibility index (Phi) is 6.18. The van der Waals surface area contributed by atoms with Crippen molar-refractivity contribution in [3.05, 3.63) is 35.9 Å². The molecule has 28 heavy (non-hydrogen) atoms. The van der Waals surface area contributed by atoms with Gasteiger partial charge in [-0.15, -0.1) is 0 Å². The van der Waals surface area contributed by atoms with Crippen LogP contribution in [0.4, 0.5) is 4.79 Å². The van der Waals surface area contributed by atoms with Crippen molar-refractivity contribution in [2.75, 3.05) is 19.4 Å². The summed E-state index contributed by atoms with van der Waals surface area (Å²) < 4.78 is 30.7. The SMILES string of the molecule is COC(=O)CS(=O)(=O)NC(N)[C@@H]1CC[C@@H]2CN1C(=O)N2OCc1ccccc1. The van der Waals surface area contributed by atoms with Gasteiger partial charge in [0.1, 0.15) is 6.61 Å². The van der Waals surface area contributed by atoms with Gasteiger partial charge in [-0.2, -0.15) is 9.79 Å². The van der Waals surface area contributed by atoms with Gasteiger partial charge < -0.3 is 15.4 Å². The van der Waals surface area contributed by atoms with Gasteiger partial charge in [0.15, 0.2) is 5.75 Å². The second kappa shape index (κ2) is 8.43. The molecular weight excluding hydrogens is 388 g/mol. The number of fused-ring (bicyclic) bond motifs is 2. The van der Waals surface area contributed by atoms with Crippen LogP contribution in [0.25, 0.3) is 0 Å². The maximum absolute atomic E-state index is 12.7. The van der Waals surface area contributed by atoms with Crippen LogP contribution >= 0.6 is 0 Å². The molecule has 0 aromatic heterocycles. The highest BCUT2D eigenvalue weighted by atomic mass is 32.2. The number of ether oxygens (including phenoxy) is 1. The first-order valence-electron chi connectivity index (χ1n) is 8.90. The molecule has 2 aliphatic heterocycles. The molecule has 1 aromatic carbocycles. The third-order valence-corrected chi connectivity index (χ3v) is 6.10. The molecule has 10 nitrogen and oxygen atoms in total. The molecule has 154 valence electrons. The molecule has 0 spiro atoms. The fraction of sp³-hybridized carbons (Fsp3) is 0.529. The van der Waals surface area contributed by atoms with E-state index in [2.05, 4.69) is 9.46 Å². The van der Waals surface area contributed by atoms with E-state index in [4.69, 9.17) is 10.6 Å². The van der Waals surface area contributed by atoms with E-state index in [0.29, 0.717) is 19.4 Å². The molecular formula is C17H24N4O6S. The quantitative estimate of drug-likeness (QED) is 0.445. The monoisotopic (exact) mass is 412 g/mol. The van der Waals surface area contributed by atoms with Gasteiger partial charge in [0, 0.05) is 6.54 Å². The third kappa shape index (κ3) is 4.61. The standard InChI is InChI=1S/C17H24N4O6S/c1-26-15(22)11-28(24,25)19-16(18)14-8-7-13-9-20(14)17(23)21(13)27-10-12-5-3-2-4-6-12/h2-6,13-14,16,19H,7-11,18H2,1H3/t13-,14+,16?/m1/s1. The number of nitrogens with zero attached hydrogens (tertiary/aromatic N) is 2. The van der Waals surface area contributed by atoms with Gasteiger partial charge in [-0.1, -0.05) is 30.3 Å². The lowest BCUT2D eigenvalue weighted by Crippen LogP contribution is -2.58. The van der Waals surface area contributed by atoms with Crippen molar-refractivity contribution < 1.29 is 27.6 Å². The number of carbonyl (C=O) groups is 2. The minimum Gasteiger partial charge on any atom is -0.468 e. The molecule has 2 bridgehead atoms. The largest absolute Gasteiger partial charge is 0.468 e. The average Bonchev–Trinajstić information content (AvgIpc) is 2.90. The van der Waals surface area contributed by atoms with Crippen LogP contribution in [0.2, 0.25) is 0 Å². The first kappa shape index (κ1) is 20.5. The summed E-state index contributed by atoms with van der Waals surface area (Å²) in [5.41, 5.74) is 6.95. The summed E-state index contributed by atoms with van der Waals surface area (Å²) in [6, 6.07) is 8.52.